The van der Waals surface area contributed by atoms with Crippen LogP contribution in [0.5, 0.6) is 11.5 Å². The lowest BCUT2D eigenvalue weighted by atomic mass is 10.0. The summed E-state index contributed by atoms with van der Waals surface area (Å²) in [6.07, 6.45) is 0. The van der Waals surface area contributed by atoms with Crippen molar-refractivity contribution in [1.82, 2.24) is 14.8 Å². The van der Waals surface area contributed by atoms with Gasteiger partial charge in [-0.25, -0.2) is 4.79 Å². The molecule has 0 aliphatic rings. The molecule has 0 spiro atoms. The van der Waals surface area contributed by atoms with Crippen molar-refractivity contribution in [2.45, 2.75) is 32.2 Å². The molecule has 2 heterocycles. The summed E-state index contributed by atoms with van der Waals surface area (Å²) < 4.78 is 18.0. The number of carbonyl (C=O) groups is 2. The number of aryl methyl sites for hydroxylation is 1. The third-order valence-electron chi connectivity index (χ3n) is 5.63. The molecule has 1 N–H and O–H groups in total. The number of methoxy groups -OCH3 is 2. The number of aromatic nitrogens is 3. The fourth-order valence-corrected chi connectivity index (χ4v) is 5.53. The maximum Gasteiger partial charge on any atom is 0.341 e. The first-order valence-corrected chi connectivity index (χ1v) is 13.7. The molecule has 9 nitrogen and oxygen atoms in total. The maximum absolute atomic E-state index is 12.9. The van der Waals surface area contributed by atoms with Crippen LogP contribution in [0.15, 0.2) is 59.1 Å². The highest BCUT2D eigenvalue weighted by Gasteiger charge is 2.23. The number of amides is 1. The van der Waals surface area contributed by atoms with Gasteiger partial charge in [-0.3, -0.25) is 4.79 Å². The number of ether oxygens (including phenoxy) is 3. The van der Waals surface area contributed by atoms with Crippen molar-refractivity contribution in [1.29, 1.82) is 0 Å². The van der Waals surface area contributed by atoms with Crippen molar-refractivity contribution in [3.63, 3.8) is 0 Å². The molecule has 0 saturated carbocycles. The second kappa shape index (κ2) is 12.6. The van der Waals surface area contributed by atoms with Gasteiger partial charge in [-0.15, -0.1) is 21.5 Å². The molecule has 0 fully saturated rings. The molecule has 0 radical (unpaired) electrons. The zero-order chi connectivity index (χ0) is 27.1. The Hall–Kier alpha value is -3.83. The second-order valence-electron chi connectivity index (χ2n) is 8.16. The van der Waals surface area contributed by atoms with E-state index < -0.39 is 5.97 Å². The zero-order valence-corrected chi connectivity index (χ0v) is 23.1. The lowest BCUT2D eigenvalue weighted by Gasteiger charge is -2.10. The fraction of sp³-hybridized carbons (Fsp3) is 0.259. The lowest BCUT2D eigenvalue weighted by Crippen LogP contribution is -2.16. The number of nitrogens with zero attached hydrogens (tertiary/aromatic N) is 3. The number of rotatable bonds is 11. The van der Waals surface area contributed by atoms with Crippen LogP contribution in [0.4, 0.5) is 5.00 Å². The van der Waals surface area contributed by atoms with Crippen molar-refractivity contribution < 1.29 is 23.8 Å². The van der Waals surface area contributed by atoms with Crippen LogP contribution in [0.1, 0.15) is 28.7 Å². The van der Waals surface area contributed by atoms with E-state index in [9.17, 15) is 9.59 Å². The molecule has 0 unspecified atom stereocenters. The zero-order valence-electron chi connectivity index (χ0n) is 21.5. The highest BCUT2D eigenvalue weighted by atomic mass is 32.2. The van der Waals surface area contributed by atoms with Crippen LogP contribution in [0.25, 0.3) is 11.1 Å². The van der Waals surface area contributed by atoms with Crippen LogP contribution >= 0.6 is 23.1 Å². The topological polar surface area (TPSA) is 105 Å². The summed E-state index contributed by atoms with van der Waals surface area (Å²) in [5.74, 6) is 1.44. The number of anilines is 1. The van der Waals surface area contributed by atoms with E-state index >= 15 is 0 Å². The lowest BCUT2D eigenvalue weighted by molar-refractivity contribution is -0.113. The number of carbonyl (C=O) groups excluding carboxylic acids is 2. The Morgan fingerprint density at radius 2 is 1.87 bits per heavy atom. The number of esters is 1. The summed E-state index contributed by atoms with van der Waals surface area (Å²) in [6, 6.07) is 15.1. The third-order valence-corrected chi connectivity index (χ3v) is 7.50. The fourth-order valence-electron chi connectivity index (χ4n) is 3.73. The minimum absolute atomic E-state index is 0.0905. The molecule has 198 valence electrons. The van der Waals surface area contributed by atoms with Gasteiger partial charge in [0.1, 0.15) is 28.7 Å². The first kappa shape index (κ1) is 27.2. The van der Waals surface area contributed by atoms with Gasteiger partial charge in [0.05, 0.1) is 20.0 Å². The maximum atomic E-state index is 12.9. The molecule has 0 saturated heterocycles. The number of hydrogen-bond acceptors (Lipinski definition) is 9. The molecule has 2 aromatic heterocycles. The van der Waals surface area contributed by atoms with Crippen LogP contribution < -0.4 is 14.8 Å². The molecular formula is C27H28N4O5S2. The quantitative estimate of drug-likeness (QED) is 0.194. The van der Waals surface area contributed by atoms with E-state index in [0.29, 0.717) is 39.4 Å². The van der Waals surface area contributed by atoms with Crippen molar-refractivity contribution in [2.75, 3.05) is 25.3 Å². The van der Waals surface area contributed by atoms with E-state index in [2.05, 4.69) is 15.5 Å². The van der Waals surface area contributed by atoms with Gasteiger partial charge in [-0.2, -0.15) is 0 Å². The van der Waals surface area contributed by atoms with Crippen molar-refractivity contribution in [2.24, 2.45) is 0 Å². The molecule has 2 aromatic carbocycles. The van der Waals surface area contributed by atoms with Crippen molar-refractivity contribution in [3.05, 3.63) is 70.9 Å². The summed E-state index contributed by atoms with van der Waals surface area (Å²) >= 11 is 2.54. The average molecular weight is 553 g/mol. The van der Waals surface area contributed by atoms with Crippen LogP contribution in [0.2, 0.25) is 0 Å². The average Bonchev–Trinajstić information content (AvgIpc) is 3.53. The number of thioether (sulfide) groups is 1. The number of benzene rings is 2. The normalized spacial score (nSPS) is 10.7. The van der Waals surface area contributed by atoms with E-state index in [4.69, 9.17) is 14.2 Å². The van der Waals surface area contributed by atoms with E-state index in [1.54, 1.807) is 7.11 Å². The van der Waals surface area contributed by atoms with Crippen LogP contribution in [0.3, 0.4) is 0 Å². The summed E-state index contributed by atoms with van der Waals surface area (Å²) in [5, 5.41) is 14.2. The van der Waals surface area contributed by atoms with E-state index in [0.717, 1.165) is 16.9 Å². The Labute approximate surface area is 229 Å². The first-order valence-electron chi connectivity index (χ1n) is 11.8. The first-order chi connectivity index (χ1) is 18.4. The van der Waals surface area contributed by atoms with Crippen molar-refractivity contribution >= 4 is 40.0 Å². The van der Waals surface area contributed by atoms with Gasteiger partial charge in [-0.05, 0) is 49.2 Å². The summed E-state index contributed by atoms with van der Waals surface area (Å²) in [7, 11) is 2.91. The monoisotopic (exact) mass is 552 g/mol. The minimum atomic E-state index is -0.524. The van der Waals surface area contributed by atoms with Crippen LogP contribution in [-0.4, -0.2) is 46.6 Å². The highest BCUT2D eigenvalue weighted by Crippen LogP contribution is 2.37. The third kappa shape index (κ3) is 6.35. The smallest absolute Gasteiger partial charge is 0.341 e. The van der Waals surface area contributed by atoms with Crippen LogP contribution in [-0.2, 0) is 22.7 Å². The molecule has 0 bridgehead atoms. The predicted molar refractivity (Wildman–Crippen MR) is 148 cm³/mol. The summed E-state index contributed by atoms with van der Waals surface area (Å²) in [6.45, 7) is 4.89. The van der Waals surface area contributed by atoms with Gasteiger partial charge in [0, 0.05) is 17.5 Å². The van der Waals surface area contributed by atoms with E-state index in [1.165, 1.54) is 30.2 Å². The predicted octanol–water partition coefficient (Wildman–Crippen LogP) is 5.44. The number of thiophene rings is 1. The Balaban J connectivity index is 1.43. The van der Waals surface area contributed by atoms with Crippen LogP contribution in [0, 0.1) is 6.92 Å². The molecule has 11 heteroatoms. The molecule has 0 atom stereocenters. The molecule has 0 aliphatic heterocycles. The Morgan fingerprint density at radius 1 is 1.08 bits per heavy atom. The molecule has 38 heavy (non-hydrogen) atoms. The molecule has 1 amide bonds. The number of hydrogen-bond donors (Lipinski definition) is 1. The molecular weight excluding hydrogens is 524 g/mol. The van der Waals surface area contributed by atoms with E-state index in [1.807, 2.05) is 72.3 Å². The SMILES string of the molecule is CCn1c(COc2cccc(C)c2)nnc1SCC(=O)Nc1scc(-c2ccc(OC)cc2)c1C(=O)OC. The summed E-state index contributed by atoms with van der Waals surface area (Å²) in [5.41, 5.74) is 2.91. The Kier molecular flexibility index (Phi) is 9.03. The van der Waals surface area contributed by atoms with Gasteiger partial charge in [0.2, 0.25) is 5.91 Å². The Morgan fingerprint density at radius 3 is 2.55 bits per heavy atom. The molecule has 4 aromatic rings. The minimum Gasteiger partial charge on any atom is -0.497 e. The second-order valence-corrected chi connectivity index (χ2v) is 9.98. The van der Waals surface area contributed by atoms with E-state index in [-0.39, 0.29) is 18.3 Å². The standard InChI is InChI=1S/C27H28N4O5S2/c1-5-31-22(14-36-20-8-6-7-17(2)13-20)29-30-27(31)38-16-23(32)28-25-24(26(33)35-4)21(15-37-25)18-9-11-19(34-3)12-10-18/h6-13,15H,5,14,16H2,1-4H3,(H,28,32). The van der Waals surface area contributed by atoms with Gasteiger partial charge in [-0.1, -0.05) is 36.0 Å². The largest absolute Gasteiger partial charge is 0.497 e. The van der Waals surface area contributed by atoms with Gasteiger partial charge in [0.25, 0.3) is 0 Å². The van der Waals surface area contributed by atoms with Gasteiger partial charge >= 0.3 is 5.97 Å². The summed E-state index contributed by atoms with van der Waals surface area (Å²) in [4.78, 5) is 25.5. The number of nitrogens with one attached hydrogen (secondary N) is 1. The Bertz CT molecular complexity index is 1420. The van der Waals surface area contributed by atoms with Gasteiger partial charge < -0.3 is 24.1 Å². The highest BCUT2D eigenvalue weighted by molar-refractivity contribution is 7.99. The molecule has 0 aliphatic carbocycles. The molecule has 4 rings (SSSR count). The van der Waals surface area contributed by atoms with Crippen molar-refractivity contribution in [3.8, 4) is 22.6 Å². The van der Waals surface area contributed by atoms with Gasteiger partial charge in [0.15, 0.2) is 11.0 Å².